The molecule has 116 valence electrons. The highest BCUT2D eigenvalue weighted by Crippen LogP contribution is 2.33. The number of benzene rings is 1. The Kier molecular flexibility index (Phi) is 4.72. The van der Waals surface area contributed by atoms with Gasteiger partial charge in [-0.15, -0.1) is 0 Å². The topological polar surface area (TPSA) is 41.5 Å². The molecule has 1 aliphatic heterocycles. The zero-order chi connectivity index (χ0) is 14.7. The van der Waals surface area contributed by atoms with Crippen LogP contribution in [0.2, 0.25) is 5.02 Å². The van der Waals surface area contributed by atoms with E-state index in [4.69, 9.17) is 16.3 Å². The third kappa shape index (κ3) is 3.71. The van der Waals surface area contributed by atoms with E-state index < -0.39 is 5.60 Å². The van der Waals surface area contributed by atoms with Crippen LogP contribution in [0.3, 0.4) is 0 Å². The summed E-state index contributed by atoms with van der Waals surface area (Å²) in [5, 5.41) is 14.8. The van der Waals surface area contributed by atoms with E-state index in [-0.39, 0.29) is 0 Å². The van der Waals surface area contributed by atoms with Crippen LogP contribution in [0.4, 0.5) is 0 Å². The smallest absolute Gasteiger partial charge is 0.127 e. The highest BCUT2D eigenvalue weighted by atomic mass is 35.5. The van der Waals surface area contributed by atoms with Crippen molar-refractivity contribution in [3.05, 3.63) is 28.3 Å². The molecule has 0 atom stereocenters. The third-order valence-corrected chi connectivity index (χ3v) is 4.85. The van der Waals surface area contributed by atoms with E-state index in [9.17, 15) is 5.11 Å². The number of aliphatic hydroxyl groups is 1. The lowest BCUT2D eigenvalue weighted by Crippen LogP contribution is -2.39. The molecule has 1 fully saturated rings. The maximum atomic E-state index is 10.7. The van der Waals surface area contributed by atoms with Crippen molar-refractivity contribution in [3.8, 4) is 5.75 Å². The van der Waals surface area contributed by atoms with Crippen molar-refractivity contribution in [1.29, 1.82) is 0 Å². The fourth-order valence-electron chi connectivity index (χ4n) is 3.47. The number of hydrogen-bond donors (Lipinski definition) is 2. The van der Waals surface area contributed by atoms with Gasteiger partial charge in [0.15, 0.2) is 0 Å². The van der Waals surface area contributed by atoms with Gasteiger partial charge in [-0.1, -0.05) is 37.3 Å². The van der Waals surface area contributed by atoms with Gasteiger partial charge < -0.3 is 15.2 Å². The van der Waals surface area contributed by atoms with E-state index >= 15 is 0 Å². The number of hydrogen-bond acceptors (Lipinski definition) is 3. The Hall–Kier alpha value is -0.770. The zero-order valence-corrected chi connectivity index (χ0v) is 13.2. The predicted molar refractivity (Wildman–Crippen MR) is 85.0 cm³/mol. The Morgan fingerprint density at radius 3 is 2.71 bits per heavy atom. The van der Waals surface area contributed by atoms with Crippen LogP contribution in [0.5, 0.6) is 5.75 Å². The molecule has 0 radical (unpaired) electrons. The maximum Gasteiger partial charge on any atom is 0.127 e. The van der Waals surface area contributed by atoms with Crippen molar-refractivity contribution in [2.24, 2.45) is 0 Å². The quantitative estimate of drug-likeness (QED) is 0.837. The first-order valence-electron chi connectivity index (χ1n) is 8.03. The number of rotatable bonds is 4. The summed E-state index contributed by atoms with van der Waals surface area (Å²) in [6.45, 7) is 2.09. The van der Waals surface area contributed by atoms with Crippen LogP contribution in [-0.4, -0.2) is 23.9 Å². The van der Waals surface area contributed by atoms with Gasteiger partial charge in [0.25, 0.3) is 0 Å². The van der Waals surface area contributed by atoms with E-state index in [2.05, 4.69) is 5.32 Å². The molecule has 1 aromatic rings. The summed E-state index contributed by atoms with van der Waals surface area (Å²) < 4.78 is 5.71. The summed E-state index contributed by atoms with van der Waals surface area (Å²) in [5.41, 5.74) is 1.76. The number of nitrogens with one attached hydrogen (secondary N) is 1. The van der Waals surface area contributed by atoms with Crippen LogP contribution in [0, 0.1) is 0 Å². The Morgan fingerprint density at radius 2 is 1.95 bits per heavy atom. The fourth-order valence-corrected chi connectivity index (χ4v) is 3.73. The molecule has 2 N–H and O–H groups in total. The molecule has 1 aliphatic carbocycles. The molecular weight excluding hydrogens is 286 g/mol. The van der Waals surface area contributed by atoms with Crippen molar-refractivity contribution >= 4 is 11.6 Å². The van der Waals surface area contributed by atoms with Crippen molar-refractivity contribution in [2.45, 2.75) is 57.1 Å². The summed E-state index contributed by atoms with van der Waals surface area (Å²) in [7, 11) is 0. The first-order valence-corrected chi connectivity index (χ1v) is 8.41. The molecule has 2 aliphatic rings. The average molecular weight is 310 g/mol. The van der Waals surface area contributed by atoms with Gasteiger partial charge in [0, 0.05) is 30.1 Å². The summed E-state index contributed by atoms with van der Waals surface area (Å²) in [6.07, 6.45) is 7.51. The molecule has 0 spiro atoms. The van der Waals surface area contributed by atoms with Gasteiger partial charge in [0.1, 0.15) is 5.75 Å². The largest absolute Gasteiger partial charge is 0.493 e. The van der Waals surface area contributed by atoms with E-state index in [0.29, 0.717) is 13.1 Å². The Labute approximate surface area is 131 Å². The average Bonchev–Trinajstić information content (AvgIpc) is 2.80. The Morgan fingerprint density at radius 1 is 1.19 bits per heavy atom. The lowest BCUT2D eigenvalue weighted by atomic mass is 9.94. The standard InChI is InChI=1S/C17H24ClNO2/c18-15-9-13-5-8-21-16(13)14(10-15)11-19-12-17(20)6-3-1-2-4-7-17/h9-10,19-20H,1-8,11-12H2. The molecule has 0 saturated heterocycles. The van der Waals surface area contributed by atoms with Gasteiger partial charge in [0.05, 0.1) is 12.2 Å². The first-order chi connectivity index (χ1) is 10.2. The molecule has 3 nitrogen and oxygen atoms in total. The molecule has 21 heavy (non-hydrogen) atoms. The molecule has 0 aromatic heterocycles. The monoisotopic (exact) mass is 309 g/mol. The molecule has 1 heterocycles. The van der Waals surface area contributed by atoms with Crippen LogP contribution in [0.1, 0.15) is 49.7 Å². The summed E-state index contributed by atoms with van der Waals surface area (Å²) in [6, 6.07) is 3.96. The van der Waals surface area contributed by atoms with E-state index in [1.54, 1.807) is 0 Å². The SMILES string of the molecule is OC1(CNCc2cc(Cl)cc3c2OCC3)CCCCCC1. The van der Waals surface area contributed by atoms with Crippen LogP contribution < -0.4 is 10.1 Å². The van der Waals surface area contributed by atoms with Gasteiger partial charge in [-0.3, -0.25) is 0 Å². The van der Waals surface area contributed by atoms with Crippen molar-refractivity contribution in [3.63, 3.8) is 0 Å². The minimum atomic E-state index is -0.543. The van der Waals surface area contributed by atoms with Crippen molar-refractivity contribution in [2.75, 3.05) is 13.2 Å². The molecule has 0 unspecified atom stereocenters. The summed E-state index contributed by atoms with van der Waals surface area (Å²) in [5.74, 6) is 0.986. The molecular formula is C17H24ClNO2. The van der Waals surface area contributed by atoms with Crippen molar-refractivity contribution in [1.82, 2.24) is 5.32 Å². The summed E-state index contributed by atoms with van der Waals surface area (Å²) in [4.78, 5) is 0. The van der Waals surface area contributed by atoms with Gasteiger partial charge in [0.2, 0.25) is 0 Å². The second-order valence-corrected chi connectivity index (χ2v) is 6.83. The zero-order valence-electron chi connectivity index (χ0n) is 12.5. The fraction of sp³-hybridized carbons (Fsp3) is 0.647. The Bertz CT molecular complexity index is 496. The van der Waals surface area contributed by atoms with Crippen LogP contribution >= 0.6 is 11.6 Å². The lowest BCUT2D eigenvalue weighted by Gasteiger charge is -2.27. The lowest BCUT2D eigenvalue weighted by molar-refractivity contribution is 0.0250. The number of fused-ring (bicyclic) bond motifs is 1. The molecule has 0 bridgehead atoms. The highest BCUT2D eigenvalue weighted by molar-refractivity contribution is 6.30. The number of ether oxygens (including phenoxy) is 1. The molecule has 1 saturated carbocycles. The second-order valence-electron chi connectivity index (χ2n) is 6.39. The maximum absolute atomic E-state index is 10.7. The molecule has 3 rings (SSSR count). The first kappa shape index (κ1) is 15.1. The van der Waals surface area contributed by atoms with Gasteiger partial charge >= 0.3 is 0 Å². The highest BCUT2D eigenvalue weighted by Gasteiger charge is 2.27. The van der Waals surface area contributed by atoms with E-state index in [0.717, 1.165) is 55.0 Å². The van der Waals surface area contributed by atoms with Gasteiger partial charge in [-0.05, 0) is 30.5 Å². The molecule has 4 heteroatoms. The minimum absolute atomic E-state index is 0.543. The third-order valence-electron chi connectivity index (χ3n) is 4.63. The van der Waals surface area contributed by atoms with Crippen LogP contribution in [0.15, 0.2) is 12.1 Å². The van der Waals surface area contributed by atoms with E-state index in [1.165, 1.54) is 18.4 Å². The second kappa shape index (κ2) is 6.55. The van der Waals surface area contributed by atoms with Crippen molar-refractivity contribution < 1.29 is 9.84 Å². The molecule has 1 aromatic carbocycles. The normalized spacial score (nSPS) is 20.7. The summed E-state index contributed by atoms with van der Waals surface area (Å²) >= 11 is 6.17. The van der Waals surface area contributed by atoms with Crippen LogP contribution in [-0.2, 0) is 13.0 Å². The van der Waals surface area contributed by atoms with Gasteiger partial charge in [-0.2, -0.15) is 0 Å². The molecule has 0 amide bonds. The Balaban J connectivity index is 1.60. The minimum Gasteiger partial charge on any atom is -0.493 e. The van der Waals surface area contributed by atoms with Gasteiger partial charge in [-0.25, -0.2) is 0 Å². The number of halogens is 1. The van der Waals surface area contributed by atoms with Crippen LogP contribution in [0.25, 0.3) is 0 Å². The predicted octanol–water partition coefficient (Wildman–Crippen LogP) is 3.45. The van der Waals surface area contributed by atoms with E-state index in [1.807, 2.05) is 12.1 Å².